The topological polar surface area (TPSA) is 0 Å². The van der Waals surface area contributed by atoms with Crippen molar-refractivity contribution in [2.24, 2.45) is 0 Å². The Morgan fingerprint density at radius 1 is 1.23 bits per heavy atom. The smallest absolute Gasteiger partial charge is 0.207 e. The summed E-state index contributed by atoms with van der Waals surface area (Å²) in [6.07, 6.45) is -5.23. The van der Waals surface area contributed by atoms with Crippen LogP contribution < -0.4 is 0 Å². The van der Waals surface area contributed by atoms with E-state index in [-0.39, 0.29) is 5.56 Å². The van der Waals surface area contributed by atoms with Crippen LogP contribution in [0.4, 0.5) is 17.6 Å². The molecule has 1 rings (SSSR count). The van der Waals surface area contributed by atoms with E-state index >= 15 is 0 Å². The van der Waals surface area contributed by atoms with E-state index in [2.05, 4.69) is 0 Å². The van der Waals surface area contributed by atoms with Gasteiger partial charge in [-0.2, -0.15) is 13.2 Å². The van der Waals surface area contributed by atoms with Gasteiger partial charge in [0.15, 0.2) is 0 Å². The summed E-state index contributed by atoms with van der Waals surface area (Å²) in [5.41, 5.74) is 0.450. The SMILES string of the molecule is Cc1cc(F)ccc1CC(F)(F)F. The maximum absolute atomic E-state index is 12.5. The Kier molecular flexibility index (Phi) is 2.59. The molecule has 0 aliphatic heterocycles. The molecule has 0 unspecified atom stereocenters. The molecule has 13 heavy (non-hydrogen) atoms. The summed E-state index contributed by atoms with van der Waals surface area (Å²) in [5.74, 6) is -0.511. The molecular weight excluding hydrogens is 184 g/mol. The minimum atomic E-state index is -4.23. The van der Waals surface area contributed by atoms with Crippen LogP contribution in [0, 0.1) is 12.7 Å². The second kappa shape index (κ2) is 3.36. The highest BCUT2D eigenvalue weighted by molar-refractivity contribution is 5.27. The molecule has 0 aromatic heterocycles. The third-order valence-electron chi connectivity index (χ3n) is 1.70. The Bertz CT molecular complexity index is 301. The average Bonchev–Trinajstić information content (AvgIpc) is 1.93. The molecule has 0 atom stereocenters. The minimum absolute atomic E-state index is 0.119. The molecule has 0 saturated carbocycles. The molecule has 72 valence electrons. The number of rotatable bonds is 1. The van der Waals surface area contributed by atoms with Crippen LogP contribution >= 0.6 is 0 Å². The molecule has 0 fully saturated rings. The Labute approximate surface area is 73.2 Å². The first kappa shape index (κ1) is 10.0. The van der Waals surface area contributed by atoms with Gasteiger partial charge in [-0.1, -0.05) is 6.07 Å². The monoisotopic (exact) mass is 192 g/mol. The van der Waals surface area contributed by atoms with Gasteiger partial charge in [0.1, 0.15) is 5.82 Å². The molecule has 4 heteroatoms. The van der Waals surface area contributed by atoms with Gasteiger partial charge < -0.3 is 0 Å². The van der Waals surface area contributed by atoms with Crippen LogP contribution in [-0.4, -0.2) is 6.18 Å². The zero-order chi connectivity index (χ0) is 10.1. The van der Waals surface area contributed by atoms with Crippen molar-refractivity contribution < 1.29 is 17.6 Å². The van der Waals surface area contributed by atoms with E-state index in [0.717, 1.165) is 18.2 Å². The number of hydrogen-bond donors (Lipinski definition) is 0. The van der Waals surface area contributed by atoms with E-state index < -0.39 is 18.4 Å². The van der Waals surface area contributed by atoms with Gasteiger partial charge in [-0.25, -0.2) is 4.39 Å². The van der Waals surface area contributed by atoms with Crippen molar-refractivity contribution in [1.82, 2.24) is 0 Å². The molecule has 0 spiro atoms. The van der Waals surface area contributed by atoms with E-state index in [1.165, 1.54) is 6.92 Å². The molecular formula is C9H8F4. The highest BCUT2D eigenvalue weighted by Crippen LogP contribution is 2.23. The highest BCUT2D eigenvalue weighted by atomic mass is 19.4. The van der Waals surface area contributed by atoms with Crippen LogP contribution in [0.2, 0.25) is 0 Å². The van der Waals surface area contributed by atoms with E-state index in [4.69, 9.17) is 0 Å². The summed E-state index contributed by atoms with van der Waals surface area (Å²) in [6, 6.07) is 3.30. The number of alkyl halides is 3. The lowest BCUT2D eigenvalue weighted by Gasteiger charge is -2.08. The van der Waals surface area contributed by atoms with Crippen molar-refractivity contribution >= 4 is 0 Å². The second-order valence-electron chi connectivity index (χ2n) is 2.86. The van der Waals surface area contributed by atoms with Gasteiger partial charge in [0, 0.05) is 0 Å². The minimum Gasteiger partial charge on any atom is -0.207 e. The van der Waals surface area contributed by atoms with E-state index in [1.54, 1.807) is 0 Å². The van der Waals surface area contributed by atoms with Gasteiger partial charge in [0.2, 0.25) is 0 Å². The predicted octanol–water partition coefficient (Wildman–Crippen LogP) is 3.24. The fraction of sp³-hybridized carbons (Fsp3) is 0.333. The number of halogens is 4. The fourth-order valence-corrected chi connectivity index (χ4v) is 1.07. The molecule has 0 N–H and O–H groups in total. The summed E-state index contributed by atoms with van der Waals surface area (Å²) in [7, 11) is 0. The van der Waals surface area contributed by atoms with Crippen molar-refractivity contribution in [2.45, 2.75) is 19.5 Å². The third kappa shape index (κ3) is 3.05. The molecule has 1 aromatic rings. The van der Waals surface area contributed by atoms with E-state index in [0.29, 0.717) is 5.56 Å². The van der Waals surface area contributed by atoms with Gasteiger partial charge in [0.05, 0.1) is 6.42 Å². The van der Waals surface area contributed by atoms with Crippen molar-refractivity contribution in [3.8, 4) is 0 Å². The number of benzene rings is 1. The van der Waals surface area contributed by atoms with Gasteiger partial charge in [-0.15, -0.1) is 0 Å². The van der Waals surface area contributed by atoms with E-state index in [9.17, 15) is 17.6 Å². The van der Waals surface area contributed by atoms with Crippen LogP contribution in [0.5, 0.6) is 0 Å². The van der Waals surface area contributed by atoms with Gasteiger partial charge in [-0.3, -0.25) is 0 Å². The first-order valence-corrected chi connectivity index (χ1v) is 3.70. The molecule has 1 aromatic carbocycles. The average molecular weight is 192 g/mol. The van der Waals surface area contributed by atoms with Gasteiger partial charge in [-0.05, 0) is 30.2 Å². The Hall–Kier alpha value is -1.06. The van der Waals surface area contributed by atoms with Crippen LogP contribution in [0.3, 0.4) is 0 Å². The first-order valence-electron chi connectivity index (χ1n) is 3.70. The van der Waals surface area contributed by atoms with Crippen molar-refractivity contribution in [3.63, 3.8) is 0 Å². The molecule has 0 bridgehead atoms. The lowest BCUT2D eigenvalue weighted by atomic mass is 10.1. The molecule has 0 nitrogen and oxygen atoms in total. The summed E-state index contributed by atoms with van der Waals surface area (Å²) in [4.78, 5) is 0. The lowest BCUT2D eigenvalue weighted by Crippen LogP contribution is -2.12. The molecule has 0 aliphatic rings. The standard InChI is InChI=1S/C9H8F4/c1-6-4-8(10)3-2-7(6)5-9(11,12)13/h2-4H,5H2,1H3. The van der Waals surface area contributed by atoms with Crippen LogP contribution in [0.15, 0.2) is 18.2 Å². The molecule has 0 heterocycles. The quantitative estimate of drug-likeness (QED) is 0.599. The zero-order valence-corrected chi connectivity index (χ0v) is 6.95. The summed E-state index contributed by atoms with van der Waals surface area (Å²) >= 11 is 0. The number of hydrogen-bond acceptors (Lipinski definition) is 0. The van der Waals surface area contributed by atoms with Crippen molar-refractivity contribution in [2.75, 3.05) is 0 Å². The number of aryl methyl sites for hydroxylation is 1. The summed E-state index contributed by atoms with van der Waals surface area (Å²) in [6.45, 7) is 1.46. The predicted molar refractivity (Wildman–Crippen MR) is 40.9 cm³/mol. The molecule has 0 saturated heterocycles. The maximum Gasteiger partial charge on any atom is 0.393 e. The molecule has 0 amide bonds. The molecule has 0 aliphatic carbocycles. The Balaban J connectivity index is 2.90. The summed E-state index contributed by atoms with van der Waals surface area (Å²) < 4.78 is 48.3. The van der Waals surface area contributed by atoms with Crippen molar-refractivity contribution in [1.29, 1.82) is 0 Å². The fourth-order valence-electron chi connectivity index (χ4n) is 1.07. The summed E-state index contributed by atoms with van der Waals surface area (Å²) in [5, 5.41) is 0. The first-order chi connectivity index (χ1) is 5.88. The van der Waals surface area contributed by atoms with E-state index in [1.807, 2.05) is 0 Å². The van der Waals surface area contributed by atoms with Gasteiger partial charge in [0.25, 0.3) is 0 Å². The zero-order valence-electron chi connectivity index (χ0n) is 6.95. The lowest BCUT2D eigenvalue weighted by molar-refractivity contribution is -0.127. The van der Waals surface area contributed by atoms with Crippen LogP contribution in [0.1, 0.15) is 11.1 Å². The van der Waals surface area contributed by atoms with Crippen LogP contribution in [-0.2, 0) is 6.42 Å². The second-order valence-corrected chi connectivity index (χ2v) is 2.86. The molecule has 0 radical (unpaired) electrons. The highest BCUT2D eigenvalue weighted by Gasteiger charge is 2.28. The normalized spacial score (nSPS) is 11.8. The maximum atomic E-state index is 12.5. The largest absolute Gasteiger partial charge is 0.393 e. The third-order valence-corrected chi connectivity index (χ3v) is 1.70. The Morgan fingerprint density at radius 3 is 2.31 bits per heavy atom. The Morgan fingerprint density at radius 2 is 1.85 bits per heavy atom. The van der Waals surface area contributed by atoms with Crippen molar-refractivity contribution in [3.05, 3.63) is 35.1 Å². The van der Waals surface area contributed by atoms with Crippen LogP contribution in [0.25, 0.3) is 0 Å². The van der Waals surface area contributed by atoms with Gasteiger partial charge >= 0.3 is 6.18 Å².